The first-order valence-corrected chi connectivity index (χ1v) is 4.42. The van der Waals surface area contributed by atoms with E-state index in [4.69, 9.17) is 0 Å². The smallest absolute Gasteiger partial charge is 0.147 e. The molecular weight excluding hydrogens is 150 g/mol. The normalized spacial score (nSPS) is 7.17. The molecule has 0 bridgehead atoms. The van der Waals surface area contributed by atoms with Crippen LogP contribution >= 0.6 is 0 Å². The maximum Gasteiger partial charge on any atom is 0.147 e. The molecule has 0 aliphatic heterocycles. The Kier molecular flexibility index (Phi) is 11.3. The second-order valence-corrected chi connectivity index (χ2v) is 1.65. The van der Waals surface area contributed by atoms with Gasteiger partial charge < -0.3 is 0 Å². The minimum atomic E-state index is 0.718. The van der Waals surface area contributed by atoms with Crippen LogP contribution in [0.15, 0.2) is 6.20 Å². The van der Waals surface area contributed by atoms with Crippen LogP contribution in [0.2, 0.25) is 0 Å². The Balaban J connectivity index is 0. The Bertz CT molecular complexity index is 149. The third kappa shape index (κ3) is 7.12. The fourth-order valence-corrected chi connectivity index (χ4v) is 0.390. The average Bonchev–Trinajstić information content (AvgIpc) is 2.17. The lowest BCUT2D eigenvalue weighted by molar-refractivity contribution is 0.874. The Morgan fingerprint density at radius 3 is 1.67 bits per heavy atom. The van der Waals surface area contributed by atoms with E-state index < -0.39 is 0 Å². The maximum atomic E-state index is 3.91. The Morgan fingerprint density at radius 1 is 0.917 bits per heavy atom. The molecule has 70 valence electrons. The van der Waals surface area contributed by atoms with E-state index in [1.165, 1.54) is 0 Å². The van der Waals surface area contributed by atoms with Crippen LogP contribution in [0.25, 0.3) is 0 Å². The molecule has 0 aliphatic carbocycles. The largest absolute Gasteiger partial charge is 0.238 e. The van der Waals surface area contributed by atoms with Crippen LogP contribution in [0.4, 0.5) is 0 Å². The first-order valence-electron chi connectivity index (χ1n) is 4.42. The van der Waals surface area contributed by atoms with Gasteiger partial charge in [-0.25, -0.2) is 4.98 Å². The van der Waals surface area contributed by atoms with E-state index in [-0.39, 0.29) is 0 Å². The van der Waals surface area contributed by atoms with Gasteiger partial charge in [0.2, 0.25) is 0 Å². The summed E-state index contributed by atoms with van der Waals surface area (Å²) in [6.07, 6.45) is 1.70. The van der Waals surface area contributed by atoms with Crippen molar-refractivity contribution in [2.45, 2.75) is 41.5 Å². The third-order valence-electron chi connectivity index (χ3n) is 0.791. The van der Waals surface area contributed by atoms with Gasteiger partial charge in [-0.1, -0.05) is 27.7 Å². The van der Waals surface area contributed by atoms with E-state index in [1.54, 1.807) is 6.20 Å². The molecule has 0 aromatic carbocycles. The van der Waals surface area contributed by atoms with Gasteiger partial charge in [0.1, 0.15) is 5.82 Å². The fraction of sp³-hybridized carbons (Fsp3) is 0.667. The van der Waals surface area contributed by atoms with Gasteiger partial charge in [-0.2, -0.15) is 5.10 Å². The highest BCUT2D eigenvalue weighted by atomic mass is 15.1. The molecule has 0 saturated carbocycles. The molecule has 1 aromatic heterocycles. The zero-order valence-electron chi connectivity index (χ0n) is 8.92. The van der Waals surface area contributed by atoms with Crippen LogP contribution in [0.3, 0.4) is 0 Å². The van der Waals surface area contributed by atoms with Gasteiger partial charge in [-0.3, -0.25) is 0 Å². The van der Waals surface area contributed by atoms with Crippen molar-refractivity contribution in [2.75, 3.05) is 0 Å². The number of aromatic nitrogens is 3. The van der Waals surface area contributed by atoms with Crippen molar-refractivity contribution in [1.29, 1.82) is 0 Å². The van der Waals surface area contributed by atoms with Crippen molar-refractivity contribution in [1.82, 2.24) is 15.2 Å². The van der Waals surface area contributed by atoms with Gasteiger partial charge in [0.15, 0.2) is 0 Å². The van der Waals surface area contributed by atoms with Crippen LogP contribution in [-0.2, 0) is 0 Å². The minimum absolute atomic E-state index is 0.718. The predicted octanol–water partition coefficient (Wildman–Crippen LogP) is 2.54. The van der Waals surface area contributed by atoms with Gasteiger partial charge >= 0.3 is 0 Å². The number of hydrogen-bond donors (Lipinski definition) is 0. The van der Waals surface area contributed by atoms with Crippen molar-refractivity contribution in [2.24, 2.45) is 0 Å². The molecule has 1 heterocycles. The van der Waals surface area contributed by atoms with E-state index >= 15 is 0 Å². The monoisotopic (exact) mass is 169 g/mol. The van der Waals surface area contributed by atoms with Crippen LogP contribution in [-0.4, -0.2) is 15.2 Å². The second-order valence-electron chi connectivity index (χ2n) is 1.65. The number of hydrogen-bond acceptors (Lipinski definition) is 3. The molecule has 12 heavy (non-hydrogen) atoms. The summed E-state index contributed by atoms with van der Waals surface area (Å²) in [7, 11) is 0. The number of rotatable bonds is 0. The molecule has 1 aromatic rings. The average molecular weight is 169 g/mol. The second kappa shape index (κ2) is 10.0. The van der Waals surface area contributed by atoms with Crippen LogP contribution in [0.1, 0.15) is 39.2 Å². The zero-order chi connectivity index (χ0) is 9.98. The van der Waals surface area contributed by atoms with Crippen LogP contribution in [0, 0.1) is 13.8 Å². The predicted molar refractivity (Wildman–Crippen MR) is 52.0 cm³/mol. The molecule has 3 heteroatoms. The summed E-state index contributed by atoms with van der Waals surface area (Å²) in [5, 5.41) is 7.48. The topological polar surface area (TPSA) is 38.7 Å². The molecule has 0 atom stereocenters. The van der Waals surface area contributed by atoms with Crippen molar-refractivity contribution in [3.8, 4) is 0 Å². The maximum absolute atomic E-state index is 3.91. The van der Waals surface area contributed by atoms with E-state index in [2.05, 4.69) is 15.2 Å². The van der Waals surface area contributed by atoms with E-state index in [0.717, 1.165) is 11.5 Å². The fourth-order valence-electron chi connectivity index (χ4n) is 0.390. The number of aryl methyl sites for hydroxylation is 2. The SMILES string of the molecule is CC.CC.Cc1cnc(C)nn1. The van der Waals surface area contributed by atoms with Crippen molar-refractivity contribution >= 4 is 0 Å². The summed E-state index contributed by atoms with van der Waals surface area (Å²) >= 11 is 0. The third-order valence-corrected chi connectivity index (χ3v) is 0.791. The summed E-state index contributed by atoms with van der Waals surface area (Å²) in [6.45, 7) is 11.7. The summed E-state index contributed by atoms with van der Waals surface area (Å²) in [4.78, 5) is 3.91. The first kappa shape index (κ1) is 13.6. The van der Waals surface area contributed by atoms with E-state index in [9.17, 15) is 0 Å². The lowest BCUT2D eigenvalue weighted by Crippen LogP contribution is -1.91. The molecule has 0 amide bonds. The molecule has 3 nitrogen and oxygen atoms in total. The van der Waals surface area contributed by atoms with Gasteiger partial charge in [-0.15, -0.1) is 5.10 Å². The molecule has 0 aliphatic rings. The van der Waals surface area contributed by atoms with E-state index in [1.807, 2.05) is 41.5 Å². The van der Waals surface area contributed by atoms with E-state index in [0.29, 0.717) is 0 Å². The highest BCUT2D eigenvalue weighted by Crippen LogP contribution is 1.84. The summed E-state index contributed by atoms with van der Waals surface area (Å²) in [5.41, 5.74) is 0.857. The highest BCUT2D eigenvalue weighted by molar-refractivity contribution is 4.88. The van der Waals surface area contributed by atoms with Crippen molar-refractivity contribution in [3.63, 3.8) is 0 Å². The van der Waals surface area contributed by atoms with Gasteiger partial charge in [0.05, 0.1) is 11.9 Å². The van der Waals surface area contributed by atoms with Gasteiger partial charge in [0, 0.05) is 0 Å². The van der Waals surface area contributed by atoms with Crippen molar-refractivity contribution in [3.05, 3.63) is 17.7 Å². The highest BCUT2D eigenvalue weighted by Gasteiger charge is 1.84. The summed E-state index contributed by atoms with van der Waals surface area (Å²) < 4.78 is 0. The minimum Gasteiger partial charge on any atom is -0.238 e. The molecule has 0 unspecified atom stereocenters. The zero-order valence-corrected chi connectivity index (χ0v) is 8.92. The lowest BCUT2D eigenvalue weighted by Gasteiger charge is -1.86. The molecule has 0 fully saturated rings. The number of nitrogens with zero attached hydrogens (tertiary/aromatic N) is 3. The Labute approximate surface area is 75.3 Å². The molecular formula is C9H19N3. The molecule has 0 spiro atoms. The van der Waals surface area contributed by atoms with Crippen molar-refractivity contribution < 1.29 is 0 Å². The molecule has 0 radical (unpaired) electrons. The first-order chi connectivity index (χ1) is 5.79. The van der Waals surface area contributed by atoms with Crippen LogP contribution in [0.5, 0.6) is 0 Å². The Hall–Kier alpha value is -0.990. The molecule has 1 rings (SSSR count). The summed E-state index contributed by atoms with van der Waals surface area (Å²) in [5.74, 6) is 0.718. The summed E-state index contributed by atoms with van der Waals surface area (Å²) in [6, 6.07) is 0. The van der Waals surface area contributed by atoms with Gasteiger partial charge in [-0.05, 0) is 13.8 Å². The lowest BCUT2D eigenvalue weighted by atomic mass is 10.5. The Morgan fingerprint density at radius 2 is 1.42 bits per heavy atom. The standard InChI is InChI=1S/C5H7N3.2C2H6/c1-4-3-6-5(2)8-7-4;2*1-2/h3H,1-2H3;2*1-2H3. The quantitative estimate of drug-likeness (QED) is 0.599. The molecule has 0 saturated heterocycles. The molecule has 0 N–H and O–H groups in total. The van der Waals surface area contributed by atoms with Gasteiger partial charge in [0.25, 0.3) is 0 Å². The van der Waals surface area contributed by atoms with Crippen LogP contribution < -0.4 is 0 Å².